The van der Waals surface area contributed by atoms with Crippen molar-refractivity contribution in [3.05, 3.63) is 29.8 Å². The van der Waals surface area contributed by atoms with E-state index >= 15 is 0 Å². The molecular weight excluding hydrogens is 282 g/mol. The van der Waals surface area contributed by atoms with E-state index in [1.54, 1.807) is 24.3 Å². The summed E-state index contributed by atoms with van der Waals surface area (Å²) in [5, 5.41) is 0. The number of unbranched alkanes of at least 4 members (excludes halogenated alkanes) is 1. The Bertz CT molecular complexity index is 499. The van der Waals surface area contributed by atoms with E-state index in [0.29, 0.717) is 6.61 Å². The smallest absolute Gasteiger partial charge is 0.342 e. The van der Waals surface area contributed by atoms with E-state index in [2.05, 4.69) is 11.8 Å². The van der Waals surface area contributed by atoms with E-state index in [1.807, 2.05) is 14.1 Å². The van der Waals surface area contributed by atoms with Crippen molar-refractivity contribution in [2.75, 3.05) is 20.7 Å². The van der Waals surface area contributed by atoms with Gasteiger partial charge in [-0.1, -0.05) is 31.9 Å². The van der Waals surface area contributed by atoms with Crippen molar-refractivity contribution in [1.82, 2.24) is 4.90 Å². The van der Waals surface area contributed by atoms with Crippen molar-refractivity contribution in [3.63, 3.8) is 0 Å². The van der Waals surface area contributed by atoms with Gasteiger partial charge in [-0.25, -0.2) is 4.79 Å². The van der Waals surface area contributed by atoms with Gasteiger partial charge in [0, 0.05) is 13.0 Å². The normalized spacial score (nSPS) is 12.0. The molecule has 0 aromatic heterocycles. The number of benzene rings is 1. The fourth-order valence-corrected chi connectivity index (χ4v) is 2.06. The Morgan fingerprint density at radius 2 is 1.91 bits per heavy atom. The molecule has 0 N–H and O–H groups in total. The number of esters is 2. The zero-order chi connectivity index (χ0) is 16.5. The summed E-state index contributed by atoms with van der Waals surface area (Å²) in [5.74, 6) is -0.704. The minimum Gasteiger partial charge on any atom is -0.460 e. The van der Waals surface area contributed by atoms with Crippen molar-refractivity contribution in [2.45, 2.75) is 39.2 Å². The molecule has 0 aliphatic heterocycles. The molecule has 0 aliphatic rings. The maximum atomic E-state index is 12.2. The molecule has 0 saturated carbocycles. The lowest BCUT2D eigenvalue weighted by molar-refractivity contribution is -0.131. The molecule has 1 aromatic rings. The van der Waals surface area contributed by atoms with Crippen molar-refractivity contribution in [1.29, 1.82) is 0 Å². The molecule has 22 heavy (non-hydrogen) atoms. The highest BCUT2D eigenvalue weighted by Crippen LogP contribution is 2.19. The van der Waals surface area contributed by atoms with Gasteiger partial charge in [-0.15, -0.1) is 0 Å². The number of carbonyl (C=O) groups excluding carboxylic acids is 2. The minimum atomic E-state index is -0.472. The van der Waals surface area contributed by atoms with E-state index < -0.39 is 11.9 Å². The topological polar surface area (TPSA) is 55.8 Å². The first-order valence-corrected chi connectivity index (χ1v) is 7.56. The van der Waals surface area contributed by atoms with Crippen LogP contribution in [0.3, 0.4) is 0 Å². The largest absolute Gasteiger partial charge is 0.460 e. The lowest BCUT2D eigenvalue weighted by atomic mass is 10.1. The van der Waals surface area contributed by atoms with Gasteiger partial charge in [-0.05, 0) is 32.6 Å². The second-order valence-corrected chi connectivity index (χ2v) is 5.45. The Morgan fingerprint density at radius 1 is 1.23 bits per heavy atom. The van der Waals surface area contributed by atoms with Crippen LogP contribution in [0, 0.1) is 0 Å². The summed E-state index contributed by atoms with van der Waals surface area (Å²) in [6.07, 6.45) is 3.17. The first kappa shape index (κ1) is 18.2. The number of nitrogens with zero attached hydrogens (tertiary/aromatic N) is 1. The summed E-state index contributed by atoms with van der Waals surface area (Å²) in [7, 11) is 3.95. The first-order chi connectivity index (χ1) is 10.5. The van der Waals surface area contributed by atoms with Crippen LogP contribution in [0.4, 0.5) is 0 Å². The fraction of sp³-hybridized carbons (Fsp3) is 0.529. The second-order valence-electron chi connectivity index (χ2n) is 5.45. The van der Waals surface area contributed by atoms with Crippen LogP contribution in [-0.2, 0) is 9.53 Å². The van der Waals surface area contributed by atoms with E-state index in [-0.39, 0.29) is 17.4 Å². The van der Waals surface area contributed by atoms with Crippen LogP contribution in [0.5, 0.6) is 5.75 Å². The van der Waals surface area contributed by atoms with Crippen LogP contribution in [0.15, 0.2) is 24.3 Å². The number of para-hydroxylation sites is 1. The standard InChI is InChI=1S/C17H25NO4/c1-5-6-9-14(18(3)4)12-21-17(20)15-10-7-8-11-16(15)22-13(2)19/h7-8,10-11,14H,5-6,9,12H2,1-4H3. The average molecular weight is 307 g/mol. The van der Waals surface area contributed by atoms with E-state index in [1.165, 1.54) is 6.92 Å². The molecule has 0 amide bonds. The molecule has 0 fully saturated rings. The van der Waals surface area contributed by atoms with Crippen molar-refractivity contribution in [3.8, 4) is 5.75 Å². The molecular formula is C17H25NO4. The highest BCUT2D eigenvalue weighted by Gasteiger charge is 2.18. The van der Waals surface area contributed by atoms with Gasteiger partial charge < -0.3 is 14.4 Å². The van der Waals surface area contributed by atoms with Gasteiger partial charge in [0.05, 0.1) is 0 Å². The Balaban J connectivity index is 2.70. The zero-order valence-corrected chi connectivity index (χ0v) is 13.8. The summed E-state index contributed by atoms with van der Waals surface area (Å²) in [4.78, 5) is 25.4. The molecule has 0 spiro atoms. The van der Waals surface area contributed by atoms with Crippen LogP contribution >= 0.6 is 0 Å². The predicted octanol–water partition coefficient (Wildman–Crippen LogP) is 2.89. The molecule has 0 saturated heterocycles. The fourth-order valence-electron chi connectivity index (χ4n) is 2.06. The molecule has 1 unspecified atom stereocenters. The summed E-state index contributed by atoms with van der Waals surface area (Å²) >= 11 is 0. The maximum absolute atomic E-state index is 12.2. The number of hydrogen-bond acceptors (Lipinski definition) is 5. The SMILES string of the molecule is CCCCC(COC(=O)c1ccccc1OC(C)=O)N(C)C. The van der Waals surface area contributed by atoms with Crippen LogP contribution in [0.25, 0.3) is 0 Å². The lowest BCUT2D eigenvalue weighted by Gasteiger charge is -2.23. The number of rotatable bonds is 8. The van der Waals surface area contributed by atoms with Gasteiger partial charge in [-0.3, -0.25) is 4.79 Å². The van der Waals surface area contributed by atoms with Gasteiger partial charge in [-0.2, -0.15) is 0 Å². The van der Waals surface area contributed by atoms with E-state index in [4.69, 9.17) is 9.47 Å². The van der Waals surface area contributed by atoms with E-state index in [0.717, 1.165) is 19.3 Å². The molecule has 1 rings (SSSR count). The third-order valence-corrected chi connectivity index (χ3v) is 3.39. The van der Waals surface area contributed by atoms with E-state index in [9.17, 15) is 9.59 Å². The molecule has 0 bridgehead atoms. The van der Waals surface area contributed by atoms with Crippen LogP contribution in [0.2, 0.25) is 0 Å². The number of likely N-dealkylation sites (N-methyl/N-ethyl adjacent to an activating group) is 1. The van der Waals surface area contributed by atoms with Crippen molar-refractivity contribution in [2.24, 2.45) is 0 Å². The highest BCUT2D eigenvalue weighted by molar-refractivity contribution is 5.93. The minimum absolute atomic E-state index is 0.185. The molecule has 5 heteroatoms. The van der Waals surface area contributed by atoms with Crippen LogP contribution < -0.4 is 4.74 Å². The average Bonchev–Trinajstić information content (AvgIpc) is 2.46. The molecule has 5 nitrogen and oxygen atoms in total. The Morgan fingerprint density at radius 3 is 2.50 bits per heavy atom. The van der Waals surface area contributed by atoms with Gasteiger partial charge in [0.25, 0.3) is 0 Å². The molecule has 122 valence electrons. The van der Waals surface area contributed by atoms with Crippen LogP contribution in [0.1, 0.15) is 43.5 Å². The van der Waals surface area contributed by atoms with Crippen molar-refractivity contribution < 1.29 is 19.1 Å². The third-order valence-electron chi connectivity index (χ3n) is 3.39. The van der Waals surface area contributed by atoms with Gasteiger partial charge >= 0.3 is 11.9 Å². The molecule has 1 aromatic carbocycles. The maximum Gasteiger partial charge on any atom is 0.342 e. The molecule has 0 aliphatic carbocycles. The lowest BCUT2D eigenvalue weighted by Crippen LogP contribution is -2.33. The predicted molar refractivity (Wildman–Crippen MR) is 85.0 cm³/mol. The summed E-state index contributed by atoms with van der Waals surface area (Å²) in [5.41, 5.74) is 0.269. The van der Waals surface area contributed by atoms with Crippen LogP contribution in [-0.4, -0.2) is 43.6 Å². The summed E-state index contributed by atoms with van der Waals surface area (Å²) in [6, 6.07) is 6.78. The Kier molecular flexibility index (Phi) is 7.60. The zero-order valence-electron chi connectivity index (χ0n) is 13.8. The van der Waals surface area contributed by atoms with Gasteiger partial charge in [0.15, 0.2) is 0 Å². The van der Waals surface area contributed by atoms with Crippen molar-refractivity contribution >= 4 is 11.9 Å². The summed E-state index contributed by atoms with van der Waals surface area (Å²) < 4.78 is 10.4. The Labute approximate surface area is 132 Å². The third kappa shape index (κ3) is 5.85. The summed E-state index contributed by atoms with van der Waals surface area (Å²) in [6.45, 7) is 3.75. The van der Waals surface area contributed by atoms with Gasteiger partial charge in [0.2, 0.25) is 0 Å². The quantitative estimate of drug-likeness (QED) is 0.546. The molecule has 0 heterocycles. The molecule has 0 radical (unpaired) electrons. The first-order valence-electron chi connectivity index (χ1n) is 7.56. The highest BCUT2D eigenvalue weighted by atomic mass is 16.5. The van der Waals surface area contributed by atoms with Gasteiger partial charge in [0.1, 0.15) is 17.9 Å². The second kappa shape index (κ2) is 9.20. The Hall–Kier alpha value is -1.88. The molecule has 1 atom stereocenters. The number of ether oxygens (including phenoxy) is 2. The monoisotopic (exact) mass is 307 g/mol. The number of carbonyl (C=O) groups is 2. The number of hydrogen-bond donors (Lipinski definition) is 0.